The van der Waals surface area contributed by atoms with E-state index in [1.807, 2.05) is 0 Å². The highest BCUT2D eigenvalue weighted by molar-refractivity contribution is 7.71. The third-order valence-corrected chi connectivity index (χ3v) is 3.35. The first-order valence-electron chi connectivity index (χ1n) is 5.76. The van der Waals surface area contributed by atoms with Crippen LogP contribution in [-0.2, 0) is 6.54 Å². The Morgan fingerprint density at radius 1 is 1.11 bits per heavy atom. The van der Waals surface area contributed by atoms with Gasteiger partial charge in [0, 0.05) is 5.56 Å². The molecule has 2 nitrogen and oxygen atoms in total. The molecule has 1 N–H and O–H groups in total. The Balaban J connectivity index is 2.15. The molecule has 1 aromatic heterocycles. The minimum Gasteiger partial charge on any atom is -0.331 e. The maximum atomic E-state index is 13.7. The van der Waals surface area contributed by atoms with Crippen LogP contribution >= 0.6 is 12.2 Å². The Kier molecular flexibility index (Phi) is 2.91. The summed E-state index contributed by atoms with van der Waals surface area (Å²) < 4.78 is 29.1. The van der Waals surface area contributed by atoms with Crippen molar-refractivity contribution >= 4 is 23.3 Å². The number of hydrogen-bond acceptors (Lipinski definition) is 1. The number of halogens is 2. The van der Waals surface area contributed by atoms with Crippen LogP contribution in [0.5, 0.6) is 0 Å². The van der Waals surface area contributed by atoms with Crippen molar-refractivity contribution in [3.8, 4) is 0 Å². The average molecular weight is 276 g/mol. The number of fused-ring (bicyclic) bond motifs is 1. The zero-order valence-electron chi connectivity index (χ0n) is 9.86. The number of imidazole rings is 1. The van der Waals surface area contributed by atoms with Crippen molar-refractivity contribution in [3.05, 3.63) is 64.4 Å². The third kappa shape index (κ3) is 2.17. The molecule has 0 fully saturated rings. The number of aromatic nitrogens is 2. The molecule has 2 aromatic carbocycles. The number of benzene rings is 2. The topological polar surface area (TPSA) is 20.7 Å². The molecule has 0 radical (unpaired) electrons. The maximum Gasteiger partial charge on any atom is 0.178 e. The summed E-state index contributed by atoms with van der Waals surface area (Å²) in [7, 11) is 0. The van der Waals surface area contributed by atoms with Crippen LogP contribution in [0.25, 0.3) is 11.0 Å². The lowest BCUT2D eigenvalue weighted by Crippen LogP contribution is -2.02. The predicted molar refractivity (Wildman–Crippen MR) is 72.6 cm³/mol. The van der Waals surface area contributed by atoms with E-state index in [-0.39, 0.29) is 18.2 Å². The highest BCUT2D eigenvalue weighted by atomic mass is 32.1. The Labute approximate surface area is 113 Å². The first-order chi connectivity index (χ1) is 9.15. The molecule has 0 aliphatic heterocycles. The van der Waals surface area contributed by atoms with Crippen LogP contribution in [0.3, 0.4) is 0 Å². The highest BCUT2D eigenvalue weighted by Crippen LogP contribution is 2.18. The lowest BCUT2D eigenvalue weighted by molar-refractivity contribution is 0.600. The Hall–Kier alpha value is -2.01. The number of H-pyrrole nitrogens is 1. The van der Waals surface area contributed by atoms with E-state index in [9.17, 15) is 8.78 Å². The van der Waals surface area contributed by atoms with Gasteiger partial charge in [-0.3, -0.25) is 0 Å². The standard InChI is InChI=1S/C14H10F2N2S/c15-10-5-6-12-13(7-10)18(14(19)17-12)8-9-3-1-2-4-11(9)16/h1-7H,8H2,(H,17,19). The Bertz CT molecular complexity index is 805. The van der Waals surface area contributed by atoms with E-state index in [2.05, 4.69) is 4.98 Å². The van der Waals surface area contributed by atoms with E-state index in [0.717, 1.165) is 5.52 Å². The first-order valence-corrected chi connectivity index (χ1v) is 6.17. The van der Waals surface area contributed by atoms with E-state index in [1.165, 1.54) is 18.2 Å². The van der Waals surface area contributed by atoms with Gasteiger partial charge in [0.25, 0.3) is 0 Å². The maximum absolute atomic E-state index is 13.7. The van der Waals surface area contributed by atoms with Gasteiger partial charge in [0.15, 0.2) is 4.77 Å². The molecular weight excluding hydrogens is 266 g/mol. The highest BCUT2D eigenvalue weighted by Gasteiger charge is 2.08. The summed E-state index contributed by atoms with van der Waals surface area (Å²) in [6.45, 7) is 0.273. The van der Waals surface area contributed by atoms with Gasteiger partial charge >= 0.3 is 0 Å². The van der Waals surface area contributed by atoms with Gasteiger partial charge in [-0.1, -0.05) is 18.2 Å². The summed E-state index contributed by atoms with van der Waals surface area (Å²) in [6, 6.07) is 10.9. The minimum absolute atomic E-state index is 0.273. The number of aromatic amines is 1. The second-order valence-corrected chi connectivity index (χ2v) is 4.66. The van der Waals surface area contributed by atoms with E-state index >= 15 is 0 Å². The van der Waals surface area contributed by atoms with Crippen molar-refractivity contribution in [2.75, 3.05) is 0 Å². The molecule has 0 saturated heterocycles. The van der Waals surface area contributed by atoms with E-state index < -0.39 is 0 Å². The molecule has 0 bridgehead atoms. The second kappa shape index (κ2) is 4.59. The van der Waals surface area contributed by atoms with E-state index in [0.29, 0.717) is 15.9 Å². The summed E-state index contributed by atoms with van der Waals surface area (Å²) in [5.41, 5.74) is 1.89. The number of rotatable bonds is 2. The number of nitrogens with one attached hydrogen (secondary N) is 1. The molecule has 1 heterocycles. The fourth-order valence-corrected chi connectivity index (χ4v) is 2.35. The zero-order chi connectivity index (χ0) is 13.4. The van der Waals surface area contributed by atoms with Gasteiger partial charge < -0.3 is 9.55 Å². The van der Waals surface area contributed by atoms with Crippen LogP contribution in [0.15, 0.2) is 42.5 Å². The minimum atomic E-state index is -0.344. The molecule has 0 amide bonds. The monoisotopic (exact) mass is 276 g/mol. The average Bonchev–Trinajstić information content (AvgIpc) is 2.69. The summed E-state index contributed by atoms with van der Waals surface area (Å²) in [6.07, 6.45) is 0. The summed E-state index contributed by atoms with van der Waals surface area (Å²) in [5, 5.41) is 0. The molecule has 0 aliphatic rings. The molecule has 0 unspecified atom stereocenters. The number of nitrogens with zero attached hydrogens (tertiary/aromatic N) is 1. The van der Waals surface area contributed by atoms with Gasteiger partial charge in [-0.2, -0.15) is 0 Å². The summed E-state index contributed by atoms with van der Waals surface area (Å²) in [5.74, 6) is -0.640. The van der Waals surface area contributed by atoms with Crippen molar-refractivity contribution in [1.82, 2.24) is 9.55 Å². The Morgan fingerprint density at radius 3 is 2.68 bits per heavy atom. The van der Waals surface area contributed by atoms with Crippen molar-refractivity contribution in [2.24, 2.45) is 0 Å². The first kappa shape index (κ1) is 12.0. The van der Waals surface area contributed by atoms with Crippen molar-refractivity contribution in [2.45, 2.75) is 6.54 Å². The second-order valence-electron chi connectivity index (χ2n) is 4.27. The summed E-state index contributed by atoms with van der Waals surface area (Å²) in [4.78, 5) is 2.98. The van der Waals surface area contributed by atoms with Crippen molar-refractivity contribution in [3.63, 3.8) is 0 Å². The molecule has 96 valence electrons. The van der Waals surface area contributed by atoms with Gasteiger partial charge in [-0.05, 0) is 36.5 Å². The van der Waals surface area contributed by atoms with Gasteiger partial charge in [0.05, 0.1) is 17.6 Å². The van der Waals surface area contributed by atoms with E-state index in [1.54, 1.807) is 28.8 Å². The molecule has 0 saturated carbocycles. The molecule has 19 heavy (non-hydrogen) atoms. The fourth-order valence-electron chi connectivity index (χ4n) is 2.08. The Morgan fingerprint density at radius 2 is 1.89 bits per heavy atom. The van der Waals surface area contributed by atoms with Crippen LogP contribution < -0.4 is 0 Å². The SMILES string of the molecule is Fc1ccc2[nH]c(=S)n(Cc3ccccc3F)c2c1. The van der Waals surface area contributed by atoms with Crippen LogP contribution in [0, 0.1) is 16.4 Å². The van der Waals surface area contributed by atoms with Gasteiger partial charge in [-0.15, -0.1) is 0 Å². The third-order valence-electron chi connectivity index (χ3n) is 3.02. The fraction of sp³-hybridized carbons (Fsp3) is 0.0714. The molecule has 0 aliphatic carbocycles. The van der Waals surface area contributed by atoms with Crippen molar-refractivity contribution < 1.29 is 8.78 Å². The molecular formula is C14H10F2N2S. The lowest BCUT2D eigenvalue weighted by atomic mass is 10.2. The largest absolute Gasteiger partial charge is 0.331 e. The normalized spacial score (nSPS) is 11.1. The molecule has 5 heteroatoms. The van der Waals surface area contributed by atoms with Crippen LogP contribution in [-0.4, -0.2) is 9.55 Å². The molecule has 3 aromatic rings. The zero-order valence-corrected chi connectivity index (χ0v) is 10.7. The molecule has 0 spiro atoms. The van der Waals surface area contributed by atoms with Crippen LogP contribution in [0.2, 0.25) is 0 Å². The van der Waals surface area contributed by atoms with Crippen molar-refractivity contribution in [1.29, 1.82) is 0 Å². The van der Waals surface area contributed by atoms with Gasteiger partial charge in [0.1, 0.15) is 11.6 Å². The summed E-state index contributed by atoms with van der Waals surface area (Å²) >= 11 is 5.20. The molecule has 0 atom stereocenters. The number of hydrogen-bond donors (Lipinski definition) is 1. The quantitative estimate of drug-likeness (QED) is 0.701. The van der Waals surface area contributed by atoms with Gasteiger partial charge in [-0.25, -0.2) is 8.78 Å². The van der Waals surface area contributed by atoms with Gasteiger partial charge in [0.2, 0.25) is 0 Å². The molecule has 3 rings (SSSR count). The van der Waals surface area contributed by atoms with E-state index in [4.69, 9.17) is 12.2 Å². The van der Waals surface area contributed by atoms with Crippen LogP contribution in [0.4, 0.5) is 8.78 Å². The predicted octanol–water partition coefficient (Wildman–Crippen LogP) is 4.03. The van der Waals surface area contributed by atoms with Crippen LogP contribution in [0.1, 0.15) is 5.56 Å². The lowest BCUT2D eigenvalue weighted by Gasteiger charge is -2.06. The smallest absolute Gasteiger partial charge is 0.178 e.